The Morgan fingerprint density at radius 2 is 1.75 bits per heavy atom. The summed E-state index contributed by atoms with van der Waals surface area (Å²) in [5, 5.41) is 3.41. The van der Waals surface area contributed by atoms with Crippen molar-refractivity contribution in [2.24, 2.45) is 5.92 Å². The van der Waals surface area contributed by atoms with E-state index in [-0.39, 0.29) is 17.6 Å². The highest BCUT2D eigenvalue weighted by atomic mass is 19.1. The van der Waals surface area contributed by atoms with Gasteiger partial charge in [0.05, 0.1) is 13.2 Å². The minimum Gasteiger partial charge on any atom is -0.378 e. The number of nitrogens with zero attached hydrogens (tertiary/aromatic N) is 1. The molecule has 1 amide bonds. The highest BCUT2D eigenvalue weighted by Crippen LogP contribution is 2.37. The summed E-state index contributed by atoms with van der Waals surface area (Å²) in [6.07, 6.45) is 2.13. The van der Waals surface area contributed by atoms with Crippen LogP contribution in [-0.4, -0.2) is 50.2 Å². The van der Waals surface area contributed by atoms with E-state index in [0.717, 1.165) is 37.1 Å². The Kier molecular flexibility index (Phi) is 6.03. The minimum absolute atomic E-state index is 0.0546. The minimum atomic E-state index is -0.199. The summed E-state index contributed by atoms with van der Waals surface area (Å²) in [4.78, 5) is 14.6. The van der Waals surface area contributed by atoms with Crippen LogP contribution in [0.4, 0.5) is 4.39 Å². The summed E-state index contributed by atoms with van der Waals surface area (Å²) in [5.41, 5.74) is 2.86. The molecule has 0 spiro atoms. The Labute approximate surface area is 165 Å². The van der Waals surface area contributed by atoms with E-state index in [4.69, 9.17) is 4.74 Å². The monoisotopic (exact) mass is 382 g/mol. The molecule has 2 saturated heterocycles. The lowest BCUT2D eigenvalue weighted by Gasteiger charge is -2.32. The Morgan fingerprint density at radius 3 is 2.43 bits per heavy atom. The van der Waals surface area contributed by atoms with Gasteiger partial charge in [0.15, 0.2) is 0 Å². The lowest BCUT2D eigenvalue weighted by molar-refractivity contribution is 0.0303. The van der Waals surface area contributed by atoms with Crippen molar-refractivity contribution in [3.63, 3.8) is 0 Å². The Hall–Kier alpha value is -2.24. The first-order valence-electron chi connectivity index (χ1n) is 10.2. The average Bonchev–Trinajstić information content (AvgIpc) is 2.75. The normalized spacial score (nSPS) is 19.4. The van der Waals surface area contributed by atoms with Crippen LogP contribution in [0, 0.1) is 11.7 Å². The van der Waals surface area contributed by atoms with Gasteiger partial charge in [0.2, 0.25) is 0 Å². The number of halogens is 1. The van der Waals surface area contributed by atoms with Crippen molar-refractivity contribution in [1.82, 2.24) is 10.2 Å². The first-order valence-corrected chi connectivity index (χ1v) is 10.2. The number of hydrogen-bond acceptors (Lipinski definition) is 3. The second kappa shape index (κ2) is 8.84. The molecule has 0 saturated carbocycles. The standard InChI is InChI=1S/C23H27FN2O2/c24-21-3-1-2-20(16-21)22(18-8-10-25-11-9-18)17-4-6-19(7-5-17)23(27)26-12-14-28-15-13-26/h1-7,16,18,22,25H,8-15H2. The molecule has 1 unspecified atom stereocenters. The summed E-state index contributed by atoms with van der Waals surface area (Å²) >= 11 is 0. The van der Waals surface area contributed by atoms with Gasteiger partial charge in [0, 0.05) is 24.6 Å². The second-order valence-corrected chi connectivity index (χ2v) is 7.65. The number of benzene rings is 2. The van der Waals surface area contributed by atoms with E-state index >= 15 is 0 Å². The zero-order chi connectivity index (χ0) is 19.3. The quantitative estimate of drug-likeness (QED) is 0.881. The third-order valence-corrected chi connectivity index (χ3v) is 5.88. The van der Waals surface area contributed by atoms with Crippen LogP contribution in [0.15, 0.2) is 48.5 Å². The Morgan fingerprint density at radius 1 is 1.04 bits per heavy atom. The predicted molar refractivity (Wildman–Crippen MR) is 107 cm³/mol. The summed E-state index contributed by atoms with van der Waals surface area (Å²) in [7, 11) is 0. The molecule has 0 bridgehead atoms. The lowest BCUT2D eigenvalue weighted by atomic mass is 9.76. The zero-order valence-electron chi connectivity index (χ0n) is 16.1. The van der Waals surface area contributed by atoms with Crippen LogP contribution in [-0.2, 0) is 4.74 Å². The lowest BCUT2D eigenvalue weighted by Crippen LogP contribution is -2.40. The number of morpholine rings is 1. The van der Waals surface area contributed by atoms with Crippen LogP contribution in [0.1, 0.15) is 40.2 Å². The topological polar surface area (TPSA) is 41.6 Å². The number of ether oxygens (including phenoxy) is 1. The van der Waals surface area contributed by atoms with Crippen molar-refractivity contribution >= 4 is 5.91 Å². The summed E-state index contributed by atoms with van der Waals surface area (Å²) < 4.78 is 19.2. The fourth-order valence-corrected chi connectivity index (χ4v) is 4.40. The largest absolute Gasteiger partial charge is 0.378 e. The smallest absolute Gasteiger partial charge is 0.254 e. The fourth-order valence-electron chi connectivity index (χ4n) is 4.40. The maximum absolute atomic E-state index is 13.9. The van der Waals surface area contributed by atoms with Crippen molar-refractivity contribution in [3.05, 3.63) is 71.0 Å². The highest BCUT2D eigenvalue weighted by molar-refractivity contribution is 5.94. The molecule has 28 heavy (non-hydrogen) atoms. The zero-order valence-corrected chi connectivity index (χ0v) is 16.1. The van der Waals surface area contributed by atoms with E-state index in [9.17, 15) is 9.18 Å². The molecule has 2 aliphatic heterocycles. The molecule has 2 fully saturated rings. The van der Waals surface area contributed by atoms with Gasteiger partial charge in [-0.2, -0.15) is 0 Å². The molecule has 2 aromatic carbocycles. The molecule has 0 aliphatic carbocycles. The van der Waals surface area contributed by atoms with Gasteiger partial charge < -0.3 is 15.0 Å². The van der Waals surface area contributed by atoms with Crippen LogP contribution < -0.4 is 5.32 Å². The van der Waals surface area contributed by atoms with Gasteiger partial charge in [0.1, 0.15) is 5.82 Å². The third-order valence-electron chi connectivity index (χ3n) is 5.88. The molecule has 1 atom stereocenters. The molecular formula is C23H27FN2O2. The number of carbonyl (C=O) groups excluding carboxylic acids is 1. The van der Waals surface area contributed by atoms with Gasteiger partial charge >= 0.3 is 0 Å². The molecule has 0 radical (unpaired) electrons. The maximum Gasteiger partial charge on any atom is 0.254 e. The summed E-state index contributed by atoms with van der Waals surface area (Å²) in [5.74, 6) is 0.462. The molecular weight excluding hydrogens is 355 g/mol. The van der Waals surface area contributed by atoms with Crippen LogP contribution in [0.5, 0.6) is 0 Å². The van der Waals surface area contributed by atoms with E-state index in [1.54, 1.807) is 12.1 Å². The fraction of sp³-hybridized carbons (Fsp3) is 0.435. The molecule has 5 heteroatoms. The number of piperidine rings is 1. The number of amides is 1. The van der Waals surface area contributed by atoms with Crippen molar-refractivity contribution in [2.45, 2.75) is 18.8 Å². The van der Waals surface area contributed by atoms with Gasteiger partial charge in [0.25, 0.3) is 5.91 Å². The molecule has 2 heterocycles. The SMILES string of the molecule is O=C(c1ccc(C(c2cccc(F)c2)C2CCNCC2)cc1)N1CCOCC1. The van der Waals surface area contributed by atoms with E-state index in [0.29, 0.717) is 37.8 Å². The Balaban J connectivity index is 1.60. The van der Waals surface area contributed by atoms with Crippen molar-refractivity contribution in [1.29, 1.82) is 0 Å². The predicted octanol–water partition coefficient (Wildman–Crippen LogP) is 3.43. The van der Waals surface area contributed by atoms with Crippen molar-refractivity contribution in [2.75, 3.05) is 39.4 Å². The van der Waals surface area contributed by atoms with E-state index in [2.05, 4.69) is 5.32 Å². The van der Waals surface area contributed by atoms with Crippen LogP contribution in [0.2, 0.25) is 0 Å². The number of carbonyl (C=O) groups is 1. The summed E-state index contributed by atoms with van der Waals surface area (Å²) in [6.45, 7) is 4.46. The molecule has 1 N–H and O–H groups in total. The van der Waals surface area contributed by atoms with Crippen LogP contribution in [0.25, 0.3) is 0 Å². The Bertz CT molecular complexity index is 797. The van der Waals surface area contributed by atoms with Crippen molar-refractivity contribution < 1.29 is 13.9 Å². The van der Waals surface area contributed by atoms with Crippen LogP contribution in [0.3, 0.4) is 0 Å². The van der Waals surface area contributed by atoms with Gasteiger partial charge in [-0.1, -0.05) is 24.3 Å². The van der Waals surface area contributed by atoms with E-state index in [1.807, 2.05) is 35.2 Å². The average molecular weight is 382 g/mol. The number of rotatable bonds is 4. The maximum atomic E-state index is 13.9. The first-order chi connectivity index (χ1) is 13.7. The van der Waals surface area contributed by atoms with Gasteiger partial charge in [-0.05, 0) is 67.2 Å². The van der Waals surface area contributed by atoms with Gasteiger partial charge in [-0.15, -0.1) is 0 Å². The number of nitrogens with one attached hydrogen (secondary N) is 1. The highest BCUT2D eigenvalue weighted by Gasteiger charge is 2.27. The van der Waals surface area contributed by atoms with Gasteiger partial charge in [-0.3, -0.25) is 4.79 Å². The van der Waals surface area contributed by atoms with Gasteiger partial charge in [-0.25, -0.2) is 4.39 Å². The third kappa shape index (κ3) is 4.26. The first kappa shape index (κ1) is 19.1. The van der Waals surface area contributed by atoms with Crippen molar-refractivity contribution in [3.8, 4) is 0 Å². The molecule has 2 aliphatic rings. The summed E-state index contributed by atoms with van der Waals surface area (Å²) in [6, 6.07) is 14.9. The second-order valence-electron chi connectivity index (χ2n) is 7.65. The molecule has 4 nitrogen and oxygen atoms in total. The molecule has 0 aromatic heterocycles. The molecule has 2 aromatic rings. The molecule has 148 valence electrons. The van der Waals surface area contributed by atoms with E-state index in [1.165, 1.54) is 6.07 Å². The molecule has 4 rings (SSSR count). The van der Waals surface area contributed by atoms with E-state index < -0.39 is 0 Å². The van der Waals surface area contributed by atoms with Crippen LogP contribution >= 0.6 is 0 Å². The number of hydrogen-bond donors (Lipinski definition) is 1.